The Labute approximate surface area is 37.3 Å². The first-order chi connectivity index (χ1) is 2.81. The summed E-state index contributed by atoms with van der Waals surface area (Å²) in [5.74, 6) is 2.17. The van der Waals surface area contributed by atoms with E-state index in [0.29, 0.717) is 5.57 Å². The molecule has 0 saturated carbocycles. The van der Waals surface area contributed by atoms with Gasteiger partial charge in [-0.1, -0.05) is 12.5 Å². The first-order valence-electron chi connectivity index (χ1n) is 1.56. The predicted molar refractivity (Wildman–Crippen MR) is 25.1 cm³/mol. The Morgan fingerprint density at radius 2 is 2.50 bits per heavy atom. The van der Waals surface area contributed by atoms with Gasteiger partial charge in [0.15, 0.2) is 0 Å². The van der Waals surface area contributed by atoms with E-state index >= 15 is 0 Å². The molecule has 0 radical (unpaired) electrons. The van der Waals surface area contributed by atoms with Crippen molar-refractivity contribution in [1.29, 1.82) is 0 Å². The molecule has 1 nitrogen and oxygen atoms in total. The molecule has 1 heteroatoms. The van der Waals surface area contributed by atoms with E-state index in [0.717, 1.165) is 0 Å². The lowest BCUT2D eigenvalue weighted by molar-refractivity contribution is 0.336. The number of hydrogen-bond acceptors (Lipinski definition) is 1. The largest absolute Gasteiger partial charge is 0.391 e. The van der Waals surface area contributed by atoms with E-state index in [9.17, 15) is 0 Å². The molecule has 6 heavy (non-hydrogen) atoms. The van der Waals surface area contributed by atoms with Crippen LogP contribution in [-0.2, 0) is 0 Å². The Balaban J connectivity index is 3.33. The number of aliphatic hydroxyl groups excluding tert-OH is 1. The van der Waals surface area contributed by atoms with Gasteiger partial charge in [0.05, 0.1) is 6.61 Å². The van der Waals surface area contributed by atoms with E-state index in [1.54, 1.807) is 0 Å². The van der Waals surface area contributed by atoms with Crippen molar-refractivity contribution in [3.63, 3.8) is 0 Å². The molecule has 0 atom stereocenters. The highest BCUT2D eigenvalue weighted by Gasteiger charge is 1.74. The van der Waals surface area contributed by atoms with Crippen LogP contribution in [0.4, 0.5) is 0 Å². The molecule has 0 amide bonds. The second-order valence-electron chi connectivity index (χ2n) is 0.906. The van der Waals surface area contributed by atoms with Crippen molar-refractivity contribution in [2.24, 2.45) is 0 Å². The molecule has 0 saturated heterocycles. The van der Waals surface area contributed by atoms with Gasteiger partial charge in [-0.05, 0) is 0 Å². The molecular formula is C5H6O. The summed E-state index contributed by atoms with van der Waals surface area (Å²) in [4.78, 5) is 0. The lowest BCUT2D eigenvalue weighted by Crippen LogP contribution is -1.80. The van der Waals surface area contributed by atoms with Gasteiger partial charge in [0.2, 0.25) is 0 Å². The standard InChI is InChI=1S/C5H6O/c1-3-5(2)4-6/h1,6H,2,4H2. The van der Waals surface area contributed by atoms with Gasteiger partial charge in [0.1, 0.15) is 0 Å². The molecule has 0 spiro atoms. The lowest BCUT2D eigenvalue weighted by Gasteiger charge is -1.79. The number of aliphatic hydroxyl groups is 1. The van der Waals surface area contributed by atoms with Gasteiger partial charge in [0.25, 0.3) is 0 Å². The van der Waals surface area contributed by atoms with Crippen LogP contribution in [0.5, 0.6) is 0 Å². The maximum atomic E-state index is 8.09. The van der Waals surface area contributed by atoms with Crippen molar-refractivity contribution in [1.82, 2.24) is 0 Å². The first kappa shape index (κ1) is 5.26. The third kappa shape index (κ3) is 1.57. The Morgan fingerprint density at radius 1 is 2.00 bits per heavy atom. The summed E-state index contributed by atoms with van der Waals surface area (Å²) in [7, 11) is 0. The van der Waals surface area contributed by atoms with E-state index < -0.39 is 0 Å². The smallest absolute Gasteiger partial charge is 0.0754 e. The van der Waals surface area contributed by atoms with Gasteiger partial charge < -0.3 is 5.11 Å². The second kappa shape index (κ2) is 2.49. The van der Waals surface area contributed by atoms with Gasteiger partial charge in [-0.3, -0.25) is 0 Å². The zero-order chi connectivity index (χ0) is 4.99. The summed E-state index contributed by atoms with van der Waals surface area (Å²) in [6, 6.07) is 0. The van der Waals surface area contributed by atoms with Crippen molar-refractivity contribution in [3.05, 3.63) is 12.2 Å². The van der Waals surface area contributed by atoms with Crippen LogP contribution in [0.25, 0.3) is 0 Å². The van der Waals surface area contributed by atoms with E-state index in [4.69, 9.17) is 11.5 Å². The van der Waals surface area contributed by atoms with Crippen LogP contribution < -0.4 is 0 Å². The molecule has 0 aliphatic rings. The first-order valence-corrected chi connectivity index (χ1v) is 1.56. The summed E-state index contributed by atoms with van der Waals surface area (Å²) < 4.78 is 0. The minimum Gasteiger partial charge on any atom is -0.391 e. The topological polar surface area (TPSA) is 20.2 Å². The molecule has 0 heterocycles. The van der Waals surface area contributed by atoms with Crippen LogP contribution in [0, 0.1) is 12.3 Å². The number of hydrogen-bond donors (Lipinski definition) is 1. The second-order valence-corrected chi connectivity index (χ2v) is 0.906. The van der Waals surface area contributed by atoms with Crippen LogP contribution in [0.2, 0.25) is 0 Å². The normalized spacial score (nSPS) is 6.67. The Morgan fingerprint density at radius 3 is 2.50 bits per heavy atom. The summed E-state index contributed by atoms with van der Waals surface area (Å²) in [5.41, 5.74) is 0.426. The van der Waals surface area contributed by atoms with Crippen molar-refractivity contribution in [2.75, 3.05) is 6.61 Å². The van der Waals surface area contributed by atoms with E-state index in [-0.39, 0.29) is 6.61 Å². The minimum atomic E-state index is -0.101. The van der Waals surface area contributed by atoms with Crippen LogP contribution in [-0.4, -0.2) is 11.7 Å². The Bertz CT molecular complexity index is 86.6. The molecule has 0 bridgehead atoms. The van der Waals surface area contributed by atoms with E-state index in [1.165, 1.54) is 0 Å². The zero-order valence-electron chi connectivity index (χ0n) is 3.44. The zero-order valence-corrected chi connectivity index (χ0v) is 3.44. The molecule has 0 aliphatic heterocycles. The fraction of sp³-hybridized carbons (Fsp3) is 0.200. The number of rotatable bonds is 1. The van der Waals surface area contributed by atoms with Crippen LogP contribution in [0.1, 0.15) is 0 Å². The Kier molecular flexibility index (Phi) is 2.19. The molecule has 0 aliphatic carbocycles. The van der Waals surface area contributed by atoms with E-state index in [2.05, 4.69) is 12.5 Å². The van der Waals surface area contributed by atoms with Crippen LogP contribution in [0.3, 0.4) is 0 Å². The summed E-state index contributed by atoms with van der Waals surface area (Å²) in [6.45, 7) is 3.20. The highest BCUT2D eigenvalue weighted by atomic mass is 16.3. The highest BCUT2D eigenvalue weighted by molar-refractivity contribution is 5.20. The highest BCUT2D eigenvalue weighted by Crippen LogP contribution is 1.77. The van der Waals surface area contributed by atoms with E-state index in [1.807, 2.05) is 0 Å². The Hall–Kier alpha value is -0.740. The van der Waals surface area contributed by atoms with Crippen molar-refractivity contribution < 1.29 is 5.11 Å². The molecule has 0 aromatic rings. The molecule has 1 N–H and O–H groups in total. The predicted octanol–water partition coefficient (Wildman–Crippen LogP) is 0.168. The summed E-state index contributed by atoms with van der Waals surface area (Å²) in [5, 5.41) is 8.09. The van der Waals surface area contributed by atoms with Gasteiger partial charge in [0, 0.05) is 5.57 Å². The molecule has 0 unspecified atom stereocenters. The van der Waals surface area contributed by atoms with Crippen LogP contribution >= 0.6 is 0 Å². The monoisotopic (exact) mass is 82.0 g/mol. The van der Waals surface area contributed by atoms with Crippen molar-refractivity contribution in [3.8, 4) is 12.3 Å². The molecule has 0 aromatic carbocycles. The maximum Gasteiger partial charge on any atom is 0.0754 e. The fourth-order valence-electron chi connectivity index (χ4n) is 0.0456. The fourth-order valence-corrected chi connectivity index (χ4v) is 0.0456. The third-order valence-corrected chi connectivity index (χ3v) is 0.395. The third-order valence-electron chi connectivity index (χ3n) is 0.395. The minimum absolute atomic E-state index is 0.101. The number of terminal acetylenes is 1. The quantitative estimate of drug-likeness (QED) is 0.447. The van der Waals surface area contributed by atoms with Gasteiger partial charge in [-0.25, -0.2) is 0 Å². The lowest BCUT2D eigenvalue weighted by atomic mass is 10.4. The average molecular weight is 82.1 g/mol. The molecule has 0 fully saturated rings. The molecular weight excluding hydrogens is 76.1 g/mol. The summed E-state index contributed by atoms with van der Waals surface area (Å²) in [6.07, 6.45) is 4.77. The molecule has 32 valence electrons. The van der Waals surface area contributed by atoms with Crippen LogP contribution in [0.15, 0.2) is 12.2 Å². The maximum absolute atomic E-state index is 8.09. The van der Waals surface area contributed by atoms with Crippen molar-refractivity contribution >= 4 is 0 Å². The molecule has 0 aromatic heterocycles. The molecule has 0 rings (SSSR count). The SMILES string of the molecule is C#CC(=C)CO. The van der Waals surface area contributed by atoms with Gasteiger partial charge >= 0.3 is 0 Å². The van der Waals surface area contributed by atoms with Gasteiger partial charge in [-0.2, -0.15) is 0 Å². The van der Waals surface area contributed by atoms with Crippen molar-refractivity contribution in [2.45, 2.75) is 0 Å². The van der Waals surface area contributed by atoms with Gasteiger partial charge in [-0.15, -0.1) is 6.42 Å². The summed E-state index contributed by atoms with van der Waals surface area (Å²) >= 11 is 0. The average Bonchev–Trinajstić information content (AvgIpc) is 1.65.